The summed E-state index contributed by atoms with van der Waals surface area (Å²) in [5.74, 6) is 0.268. The van der Waals surface area contributed by atoms with Gasteiger partial charge in [-0.05, 0) is 57.1 Å². The van der Waals surface area contributed by atoms with E-state index in [9.17, 15) is 4.79 Å². The minimum Gasteiger partial charge on any atom is -0.378 e. The highest BCUT2D eigenvalue weighted by Crippen LogP contribution is 2.40. The van der Waals surface area contributed by atoms with Crippen LogP contribution in [0.4, 0.5) is 17.2 Å². The van der Waals surface area contributed by atoms with Crippen LogP contribution in [0.25, 0.3) is 22.3 Å². The Bertz CT molecular complexity index is 1730. The van der Waals surface area contributed by atoms with Gasteiger partial charge in [-0.1, -0.05) is 0 Å². The van der Waals surface area contributed by atoms with E-state index in [4.69, 9.17) is 17.4 Å². The molecule has 40 heavy (non-hydrogen) atoms. The van der Waals surface area contributed by atoms with Crippen molar-refractivity contribution in [3.05, 3.63) is 58.7 Å². The second kappa shape index (κ2) is 9.87. The van der Waals surface area contributed by atoms with Gasteiger partial charge >= 0.3 is 0 Å². The van der Waals surface area contributed by atoms with Gasteiger partial charge in [0.15, 0.2) is 0 Å². The van der Waals surface area contributed by atoms with E-state index in [1.165, 1.54) is 16.2 Å². The highest BCUT2D eigenvalue weighted by atomic mass is 16.5. The summed E-state index contributed by atoms with van der Waals surface area (Å²) in [4.78, 5) is 31.2. The number of ether oxygens (including phenoxy) is 1. The molecule has 0 saturated carbocycles. The fourth-order valence-corrected chi connectivity index (χ4v) is 6.28. The molecule has 3 aliphatic rings. The number of rotatable bonds is 6. The van der Waals surface area contributed by atoms with Gasteiger partial charge in [-0.3, -0.25) is 9.78 Å². The van der Waals surface area contributed by atoms with Crippen molar-refractivity contribution in [1.82, 2.24) is 29.7 Å². The second-order valence-electron chi connectivity index (χ2n) is 10.7. The molecule has 0 aromatic carbocycles. The third kappa shape index (κ3) is 4.10. The molecule has 1 saturated heterocycles. The van der Waals surface area contributed by atoms with Gasteiger partial charge in [0, 0.05) is 64.3 Å². The Hall–Kier alpha value is -4.02. The maximum Gasteiger partial charge on any atom is 0.254 e. The molecule has 0 radical (unpaired) electrons. The Kier molecular flexibility index (Phi) is 5.61. The molecule has 2 N–H and O–H groups in total. The van der Waals surface area contributed by atoms with Crippen LogP contribution in [0, 0.1) is 0 Å². The Balaban J connectivity index is 1.31. The van der Waals surface area contributed by atoms with E-state index in [1.807, 2.05) is 24.4 Å². The number of hydrogen-bond acceptors (Lipinski definition) is 8. The Morgan fingerprint density at radius 1 is 1.15 bits per heavy atom. The van der Waals surface area contributed by atoms with Crippen molar-refractivity contribution >= 4 is 34.1 Å². The third-order valence-electron chi connectivity index (χ3n) is 8.05. The number of nitrogens with one attached hydrogen (secondary N) is 2. The zero-order valence-corrected chi connectivity index (χ0v) is 23.0. The summed E-state index contributed by atoms with van der Waals surface area (Å²) < 4.78 is 25.3. The highest BCUT2D eigenvalue weighted by molar-refractivity contribution is 6.07. The number of fused-ring (bicyclic) bond motifs is 4. The van der Waals surface area contributed by atoms with Crippen molar-refractivity contribution in [3.8, 4) is 11.3 Å². The lowest BCUT2D eigenvalue weighted by atomic mass is 9.98. The smallest absolute Gasteiger partial charge is 0.254 e. The van der Waals surface area contributed by atoms with Crippen LogP contribution in [0.3, 0.4) is 0 Å². The topological polar surface area (TPSA) is 100 Å². The van der Waals surface area contributed by atoms with Crippen molar-refractivity contribution in [1.29, 1.82) is 0 Å². The lowest BCUT2D eigenvalue weighted by molar-refractivity contribution is 0.0966. The molecular formula is C30H34N8O2. The normalized spacial score (nSPS) is 17.6. The Morgan fingerprint density at radius 2 is 2.00 bits per heavy atom. The summed E-state index contributed by atoms with van der Waals surface area (Å²) in [5, 5.41) is 7.41. The van der Waals surface area contributed by atoms with Crippen LogP contribution in [-0.2, 0) is 37.7 Å². The van der Waals surface area contributed by atoms with Crippen LogP contribution >= 0.6 is 0 Å². The molecule has 0 spiro atoms. The minimum atomic E-state index is -1.82. The van der Waals surface area contributed by atoms with Gasteiger partial charge in [-0.15, -0.1) is 0 Å². The minimum absolute atomic E-state index is 0.173. The SMILES string of the molecule is [2H]C([2H])(c1nc(Nc2cnc(-c3ccnc4c3c3c(n4C)CCC3)c3c2C(=O)NC3)ccc1N1CCOCC1)N(C)C. The number of aryl methyl sites for hydroxylation is 2. The summed E-state index contributed by atoms with van der Waals surface area (Å²) in [6.07, 6.45) is 6.69. The molecule has 2 aliphatic heterocycles. The molecule has 6 heterocycles. The van der Waals surface area contributed by atoms with Crippen LogP contribution in [0.15, 0.2) is 30.6 Å². The van der Waals surface area contributed by atoms with Gasteiger partial charge in [0.25, 0.3) is 5.91 Å². The summed E-state index contributed by atoms with van der Waals surface area (Å²) >= 11 is 0. The lowest BCUT2D eigenvalue weighted by Crippen LogP contribution is -2.37. The highest BCUT2D eigenvalue weighted by Gasteiger charge is 2.30. The number of pyridine rings is 3. The largest absolute Gasteiger partial charge is 0.378 e. The summed E-state index contributed by atoms with van der Waals surface area (Å²) in [6.45, 7) is 1.05. The van der Waals surface area contributed by atoms with Gasteiger partial charge in [-0.2, -0.15) is 0 Å². The molecule has 0 unspecified atom stereocenters. The number of morpholine rings is 1. The van der Waals surface area contributed by atoms with E-state index >= 15 is 0 Å². The molecule has 1 fully saturated rings. The molecule has 0 atom stereocenters. The molecule has 10 heteroatoms. The first-order valence-electron chi connectivity index (χ1n) is 14.8. The summed E-state index contributed by atoms with van der Waals surface area (Å²) in [6, 6.07) is 5.72. The number of anilines is 3. The number of carbonyl (C=O) groups is 1. The van der Waals surface area contributed by atoms with Crippen molar-refractivity contribution in [2.45, 2.75) is 32.3 Å². The molecule has 1 amide bonds. The van der Waals surface area contributed by atoms with Crippen molar-refractivity contribution in [2.24, 2.45) is 7.05 Å². The van der Waals surface area contributed by atoms with E-state index in [1.54, 1.807) is 20.3 Å². The Labute approximate surface area is 236 Å². The van der Waals surface area contributed by atoms with Gasteiger partial charge in [-0.25, -0.2) is 9.97 Å². The van der Waals surface area contributed by atoms with E-state index in [2.05, 4.69) is 32.1 Å². The van der Waals surface area contributed by atoms with Crippen molar-refractivity contribution < 1.29 is 12.3 Å². The van der Waals surface area contributed by atoms with Gasteiger partial charge < -0.3 is 29.7 Å². The zero-order valence-electron chi connectivity index (χ0n) is 25.0. The van der Waals surface area contributed by atoms with Gasteiger partial charge in [0.2, 0.25) is 0 Å². The molecule has 206 valence electrons. The predicted octanol–water partition coefficient (Wildman–Crippen LogP) is 3.40. The quantitative estimate of drug-likeness (QED) is 0.384. The maximum atomic E-state index is 13.2. The van der Waals surface area contributed by atoms with Crippen LogP contribution in [-0.4, -0.2) is 70.7 Å². The Morgan fingerprint density at radius 3 is 2.83 bits per heavy atom. The van der Waals surface area contributed by atoms with Crippen LogP contribution in [0.1, 0.15) is 42.0 Å². The van der Waals surface area contributed by atoms with E-state index in [-0.39, 0.29) is 5.91 Å². The molecular weight excluding hydrogens is 504 g/mol. The fraction of sp³-hybridized carbons (Fsp3) is 0.400. The van der Waals surface area contributed by atoms with Crippen molar-refractivity contribution in [3.63, 3.8) is 0 Å². The lowest BCUT2D eigenvalue weighted by Gasteiger charge is -2.31. The molecule has 10 nitrogen and oxygen atoms in total. The molecule has 7 rings (SSSR count). The van der Waals surface area contributed by atoms with Crippen LogP contribution < -0.4 is 15.5 Å². The van der Waals surface area contributed by atoms with Crippen LogP contribution in [0.2, 0.25) is 0 Å². The number of aromatic nitrogens is 4. The van der Waals surface area contributed by atoms with Gasteiger partial charge in [0.1, 0.15) is 11.5 Å². The summed E-state index contributed by atoms with van der Waals surface area (Å²) in [5.41, 5.74) is 8.32. The van der Waals surface area contributed by atoms with E-state index in [0.29, 0.717) is 55.6 Å². The third-order valence-corrected chi connectivity index (χ3v) is 8.05. The number of hydrogen-bond donors (Lipinski definition) is 2. The van der Waals surface area contributed by atoms with Crippen molar-refractivity contribution in [2.75, 3.05) is 50.6 Å². The van der Waals surface area contributed by atoms with Gasteiger partial charge in [0.05, 0.1) is 47.7 Å². The molecule has 4 aromatic rings. The molecule has 0 bridgehead atoms. The number of amides is 1. The molecule has 4 aromatic heterocycles. The van der Waals surface area contributed by atoms with E-state index < -0.39 is 6.50 Å². The first kappa shape index (κ1) is 22.8. The second-order valence-corrected chi connectivity index (χ2v) is 10.7. The molecule has 1 aliphatic carbocycles. The monoisotopic (exact) mass is 540 g/mol. The summed E-state index contributed by atoms with van der Waals surface area (Å²) in [7, 11) is 5.47. The zero-order chi connectivity index (χ0) is 29.2. The average Bonchev–Trinajstić information content (AvgIpc) is 3.70. The predicted molar refractivity (Wildman–Crippen MR) is 155 cm³/mol. The fourth-order valence-electron chi connectivity index (χ4n) is 6.28. The number of carbonyl (C=O) groups excluding carboxylic acids is 1. The average molecular weight is 541 g/mol. The van der Waals surface area contributed by atoms with E-state index in [0.717, 1.165) is 52.8 Å². The number of nitrogens with zero attached hydrogens (tertiary/aromatic N) is 6. The van der Waals surface area contributed by atoms with Crippen LogP contribution in [0.5, 0.6) is 0 Å². The first-order valence-corrected chi connectivity index (χ1v) is 13.8. The maximum absolute atomic E-state index is 13.2. The first-order chi connectivity index (χ1) is 20.3. The standard InChI is InChI=1S/C30H34N8O2/c1-36(2)17-22-24(38-11-13-40-14-12-38)7-8-25(35-22)34-21-16-32-28(20-15-33-30(39)27(20)21)19-9-10-31-29-26(19)18-5-4-6-23(18)37(29)3/h7-10,16H,4-6,11-15,17H2,1-3H3,(H,33,39)(H,34,35)/i17D2.